The zero-order valence-electron chi connectivity index (χ0n) is 22.3. The lowest BCUT2D eigenvalue weighted by Crippen LogP contribution is -2.30. The number of aromatic nitrogens is 4. The molecule has 0 aliphatic carbocycles. The summed E-state index contributed by atoms with van der Waals surface area (Å²) in [5, 5.41) is 0.0948. The van der Waals surface area contributed by atoms with Crippen LogP contribution in [-0.4, -0.2) is 56.8 Å². The summed E-state index contributed by atoms with van der Waals surface area (Å²) in [6, 6.07) is 3.77. The number of ether oxygens (including phenoxy) is 1. The Morgan fingerprint density at radius 1 is 1.24 bits per heavy atom. The number of carbonyl (C=O) groups excluding carboxylic acids is 2. The molecule has 2 amide bonds. The molecule has 0 atom stereocenters. The fourth-order valence-electron chi connectivity index (χ4n) is 4.70. The molecule has 4 heterocycles. The summed E-state index contributed by atoms with van der Waals surface area (Å²) in [4.78, 5) is 45.6. The number of aromatic amines is 1. The Morgan fingerprint density at radius 3 is 2.66 bits per heavy atom. The fraction of sp³-hybridized carbons (Fsp3) is 0.370. The molecule has 11 heteroatoms. The van der Waals surface area contributed by atoms with Gasteiger partial charge in [0.2, 0.25) is 11.9 Å². The van der Waals surface area contributed by atoms with Crippen molar-refractivity contribution in [1.29, 1.82) is 0 Å². The number of nitrogen functional groups attached to an aromatic ring is 1. The third kappa shape index (κ3) is 5.22. The van der Waals surface area contributed by atoms with Crippen molar-refractivity contribution in [1.82, 2.24) is 24.8 Å². The van der Waals surface area contributed by atoms with Crippen molar-refractivity contribution in [3.8, 4) is 5.75 Å². The van der Waals surface area contributed by atoms with E-state index in [9.17, 15) is 9.59 Å². The van der Waals surface area contributed by atoms with Crippen LogP contribution < -0.4 is 15.4 Å². The number of H-pyrrole nitrogens is 1. The first-order valence-electron chi connectivity index (χ1n) is 12.5. The van der Waals surface area contributed by atoms with E-state index >= 15 is 0 Å². The van der Waals surface area contributed by atoms with Gasteiger partial charge in [-0.05, 0) is 52.3 Å². The van der Waals surface area contributed by atoms with E-state index in [2.05, 4.69) is 19.9 Å². The smallest absolute Gasteiger partial charge is 0.260 e. The Hall–Kier alpha value is -3.92. The van der Waals surface area contributed by atoms with Crippen molar-refractivity contribution in [2.24, 2.45) is 0 Å². The van der Waals surface area contributed by atoms with Gasteiger partial charge in [0.1, 0.15) is 10.9 Å². The van der Waals surface area contributed by atoms with Crippen molar-refractivity contribution in [3.05, 3.63) is 57.3 Å². The van der Waals surface area contributed by atoms with Gasteiger partial charge in [-0.3, -0.25) is 19.5 Å². The van der Waals surface area contributed by atoms with Gasteiger partial charge < -0.3 is 20.4 Å². The topological polar surface area (TPSA) is 130 Å². The summed E-state index contributed by atoms with van der Waals surface area (Å²) < 4.78 is 5.53. The third-order valence-electron chi connectivity index (χ3n) is 6.71. The minimum absolute atomic E-state index is 0.0287. The second kappa shape index (κ2) is 11.2. The van der Waals surface area contributed by atoms with Gasteiger partial charge in [0.05, 0.1) is 30.5 Å². The number of nitrogens with two attached hydrogens (primary N) is 1. The van der Waals surface area contributed by atoms with Crippen LogP contribution in [0, 0.1) is 13.8 Å². The number of halogens is 1. The molecule has 0 bridgehead atoms. The quantitative estimate of drug-likeness (QED) is 0.312. The van der Waals surface area contributed by atoms with E-state index in [0.29, 0.717) is 54.3 Å². The molecular formula is C27H32ClN7O3. The monoisotopic (exact) mass is 537 g/mol. The fourth-order valence-corrected chi connectivity index (χ4v) is 4.97. The van der Waals surface area contributed by atoms with Gasteiger partial charge in [0, 0.05) is 48.2 Å². The maximum Gasteiger partial charge on any atom is 0.260 e. The number of amides is 2. The third-order valence-corrected chi connectivity index (χ3v) is 6.99. The molecule has 200 valence electrons. The largest absolute Gasteiger partial charge is 0.496 e. The highest BCUT2D eigenvalue weighted by atomic mass is 35.5. The molecule has 4 rings (SSSR count). The lowest BCUT2D eigenvalue weighted by Gasteiger charge is -2.19. The van der Waals surface area contributed by atoms with Crippen molar-refractivity contribution in [2.75, 3.05) is 30.8 Å². The predicted molar refractivity (Wildman–Crippen MR) is 148 cm³/mol. The zero-order valence-corrected chi connectivity index (χ0v) is 23.0. The average Bonchev–Trinajstić information content (AvgIpc) is 3.43. The molecule has 0 radical (unpaired) electrons. The van der Waals surface area contributed by atoms with Gasteiger partial charge in [-0.15, -0.1) is 0 Å². The van der Waals surface area contributed by atoms with Crippen molar-refractivity contribution < 1.29 is 14.3 Å². The highest BCUT2D eigenvalue weighted by Gasteiger charge is 2.37. The Kier molecular flexibility index (Phi) is 8.01. The van der Waals surface area contributed by atoms with E-state index in [-0.39, 0.29) is 29.5 Å². The number of rotatable bonds is 9. The minimum atomic E-state index is -0.296. The number of anilines is 2. The van der Waals surface area contributed by atoms with Crippen LogP contribution in [0.1, 0.15) is 54.0 Å². The Balaban J connectivity index is 1.64. The molecule has 3 N–H and O–H groups in total. The molecule has 0 fully saturated rings. The molecule has 3 aromatic rings. The summed E-state index contributed by atoms with van der Waals surface area (Å²) in [7, 11) is 1.61. The molecule has 1 aliphatic heterocycles. The molecule has 0 saturated heterocycles. The van der Waals surface area contributed by atoms with Crippen LogP contribution >= 0.6 is 11.6 Å². The van der Waals surface area contributed by atoms with Crippen LogP contribution in [0.25, 0.3) is 11.6 Å². The summed E-state index contributed by atoms with van der Waals surface area (Å²) in [6.45, 7) is 9.28. The molecule has 1 aliphatic rings. The molecule has 0 saturated carbocycles. The number of hydrogen-bond acceptors (Lipinski definition) is 7. The number of fused-ring (bicyclic) bond motifs is 1. The lowest BCUT2D eigenvalue weighted by molar-refractivity contribution is -0.130. The van der Waals surface area contributed by atoms with Gasteiger partial charge in [-0.2, -0.15) is 4.98 Å². The normalized spacial score (nSPS) is 13.8. The van der Waals surface area contributed by atoms with Crippen LogP contribution in [0.5, 0.6) is 5.75 Å². The standard InChI is InChI=1S/C27H32ClN7O3/c1-6-34(7-2)21(36)11-10-17-8-9-18(31-17)12-19-22-24(28)32-27(29)33-25(22)35(26(19)37)14-20-16(4)23(38-5)15(3)13-30-20/h8-9,12-13,31H,6-7,10-11,14H2,1-5H3,(H2,29,32,33)/b19-12-. The first-order valence-corrected chi connectivity index (χ1v) is 12.9. The molecule has 0 unspecified atom stereocenters. The zero-order chi connectivity index (χ0) is 27.6. The van der Waals surface area contributed by atoms with Gasteiger partial charge in [-0.1, -0.05) is 11.6 Å². The van der Waals surface area contributed by atoms with E-state index in [0.717, 1.165) is 22.6 Å². The Morgan fingerprint density at radius 2 is 1.97 bits per heavy atom. The van der Waals surface area contributed by atoms with Crippen molar-refractivity contribution >= 4 is 46.8 Å². The summed E-state index contributed by atoms with van der Waals surface area (Å²) in [6.07, 6.45) is 4.40. The van der Waals surface area contributed by atoms with Gasteiger partial charge in [0.25, 0.3) is 5.91 Å². The van der Waals surface area contributed by atoms with E-state index < -0.39 is 0 Å². The lowest BCUT2D eigenvalue weighted by atomic mass is 10.1. The SMILES string of the molecule is CCN(CC)C(=O)CCc1ccc(/C=C2\C(=O)N(Cc3ncc(C)c(OC)c3C)c3nc(N)nc(Cl)c32)[nH]1. The summed E-state index contributed by atoms with van der Waals surface area (Å²) in [5.41, 5.74) is 10.6. The van der Waals surface area contributed by atoms with Crippen LogP contribution in [0.15, 0.2) is 18.3 Å². The van der Waals surface area contributed by atoms with Gasteiger partial charge in [-0.25, -0.2) is 4.98 Å². The maximum atomic E-state index is 13.7. The predicted octanol–water partition coefficient (Wildman–Crippen LogP) is 3.95. The Bertz CT molecular complexity index is 1410. The number of pyridine rings is 1. The second-order valence-electron chi connectivity index (χ2n) is 9.07. The van der Waals surface area contributed by atoms with E-state index in [1.807, 2.05) is 44.7 Å². The van der Waals surface area contributed by atoms with E-state index in [4.69, 9.17) is 22.1 Å². The summed E-state index contributed by atoms with van der Waals surface area (Å²) >= 11 is 6.48. The highest BCUT2D eigenvalue weighted by molar-refractivity contribution is 6.41. The van der Waals surface area contributed by atoms with E-state index in [1.165, 1.54) is 4.90 Å². The second-order valence-corrected chi connectivity index (χ2v) is 9.43. The minimum Gasteiger partial charge on any atom is -0.496 e. The molecule has 3 aromatic heterocycles. The van der Waals surface area contributed by atoms with Crippen molar-refractivity contribution in [2.45, 2.75) is 47.1 Å². The molecule has 0 spiro atoms. The maximum absolute atomic E-state index is 13.7. The van der Waals surface area contributed by atoms with E-state index in [1.54, 1.807) is 19.4 Å². The highest BCUT2D eigenvalue weighted by Crippen LogP contribution is 2.41. The molecule has 38 heavy (non-hydrogen) atoms. The molecule has 10 nitrogen and oxygen atoms in total. The van der Waals surface area contributed by atoms with Crippen LogP contribution in [0.4, 0.5) is 11.8 Å². The Labute approximate surface area is 226 Å². The first-order chi connectivity index (χ1) is 18.2. The number of hydrogen-bond donors (Lipinski definition) is 2. The first kappa shape index (κ1) is 27.1. The van der Waals surface area contributed by atoms with Crippen LogP contribution in [0.2, 0.25) is 5.15 Å². The van der Waals surface area contributed by atoms with Gasteiger partial charge >= 0.3 is 0 Å². The van der Waals surface area contributed by atoms with Crippen LogP contribution in [-0.2, 0) is 22.6 Å². The molecular weight excluding hydrogens is 506 g/mol. The number of nitrogens with zero attached hydrogens (tertiary/aromatic N) is 5. The molecule has 0 aromatic carbocycles. The number of carbonyl (C=O) groups is 2. The number of aryl methyl sites for hydroxylation is 2. The number of methoxy groups -OCH3 is 1. The number of nitrogens with one attached hydrogen (secondary N) is 1. The summed E-state index contributed by atoms with van der Waals surface area (Å²) in [5.74, 6) is 0.833. The van der Waals surface area contributed by atoms with Crippen LogP contribution in [0.3, 0.4) is 0 Å². The van der Waals surface area contributed by atoms with Gasteiger partial charge in [0.15, 0.2) is 5.82 Å². The average molecular weight is 538 g/mol. The van der Waals surface area contributed by atoms with Crippen molar-refractivity contribution in [3.63, 3.8) is 0 Å².